The van der Waals surface area contributed by atoms with Crippen molar-refractivity contribution < 1.29 is 9.59 Å². The van der Waals surface area contributed by atoms with E-state index in [1.54, 1.807) is 4.90 Å². The van der Waals surface area contributed by atoms with Gasteiger partial charge in [0, 0.05) is 29.9 Å². The Bertz CT molecular complexity index is 1130. The Balaban J connectivity index is 1.88. The molecule has 0 heterocycles. The molecule has 3 rings (SSSR count). The molecule has 0 radical (unpaired) electrons. The van der Waals surface area contributed by atoms with Crippen LogP contribution in [0, 0.1) is 0 Å². The Labute approximate surface area is 230 Å². The van der Waals surface area contributed by atoms with Gasteiger partial charge >= 0.3 is 0 Å². The molecule has 0 fully saturated rings. The normalized spacial score (nSPS) is 12.7. The summed E-state index contributed by atoms with van der Waals surface area (Å²) < 4.78 is 0.981. The first-order chi connectivity index (χ1) is 17.8. The van der Waals surface area contributed by atoms with Gasteiger partial charge in [0.15, 0.2) is 0 Å². The average Bonchev–Trinajstić information content (AvgIpc) is 2.91. The van der Waals surface area contributed by atoms with Crippen molar-refractivity contribution in [2.24, 2.45) is 0 Å². The molecule has 0 saturated heterocycles. The summed E-state index contributed by atoms with van der Waals surface area (Å²) in [5.41, 5.74) is 4.44. The van der Waals surface area contributed by atoms with E-state index in [2.05, 4.69) is 59.4 Å². The van der Waals surface area contributed by atoms with Crippen LogP contribution in [0.2, 0.25) is 0 Å². The maximum atomic E-state index is 13.8. The number of aryl methyl sites for hydroxylation is 1. The number of amides is 2. The molecule has 0 unspecified atom stereocenters. The number of carbonyl (C=O) groups excluding carboxylic acids is 2. The van der Waals surface area contributed by atoms with Crippen LogP contribution in [0.3, 0.4) is 0 Å². The molecule has 0 aromatic heterocycles. The number of carbonyl (C=O) groups is 2. The maximum absolute atomic E-state index is 13.8. The molecule has 3 aromatic carbocycles. The molecule has 4 nitrogen and oxygen atoms in total. The van der Waals surface area contributed by atoms with E-state index in [1.807, 2.05) is 68.4 Å². The van der Waals surface area contributed by atoms with Crippen LogP contribution in [0.1, 0.15) is 68.7 Å². The molecule has 0 aliphatic heterocycles. The summed E-state index contributed by atoms with van der Waals surface area (Å²) in [6, 6.07) is 25.8. The standard InChI is InChI=1S/C32H39BrN2O2/c1-5-24(4)34-32(37)30(21-26-9-7-6-8-10-26)35(22-27-13-18-29(33)19-14-27)31(36)20-15-25-11-16-28(17-12-25)23(2)3/h6-14,16-19,23-24,30H,5,15,20-22H2,1-4H3,(H,34,37)/t24-,30-/m1/s1. The first-order valence-electron chi connectivity index (χ1n) is 13.2. The van der Waals surface area contributed by atoms with Gasteiger partial charge in [-0.25, -0.2) is 0 Å². The lowest BCUT2D eigenvalue weighted by Crippen LogP contribution is -2.52. The van der Waals surface area contributed by atoms with E-state index in [9.17, 15) is 9.59 Å². The minimum atomic E-state index is -0.601. The van der Waals surface area contributed by atoms with Crippen LogP contribution in [-0.2, 0) is 29.0 Å². The highest BCUT2D eigenvalue weighted by molar-refractivity contribution is 9.10. The highest BCUT2D eigenvalue weighted by Crippen LogP contribution is 2.20. The fourth-order valence-corrected chi connectivity index (χ4v) is 4.51. The molecule has 0 bridgehead atoms. The van der Waals surface area contributed by atoms with Crippen LogP contribution in [-0.4, -0.2) is 28.8 Å². The molecule has 0 aliphatic carbocycles. The first-order valence-corrected chi connectivity index (χ1v) is 14.0. The molecule has 37 heavy (non-hydrogen) atoms. The van der Waals surface area contributed by atoms with Gasteiger partial charge in [-0.05, 0) is 60.1 Å². The van der Waals surface area contributed by atoms with E-state index in [4.69, 9.17) is 0 Å². The van der Waals surface area contributed by atoms with Gasteiger partial charge in [-0.2, -0.15) is 0 Å². The largest absolute Gasteiger partial charge is 0.352 e. The molecule has 3 aromatic rings. The molecule has 2 atom stereocenters. The predicted octanol–water partition coefficient (Wildman–Crippen LogP) is 7.06. The van der Waals surface area contributed by atoms with Gasteiger partial charge in [0.05, 0.1) is 0 Å². The Kier molecular flexibility index (Phi) is 10.9. The quantitative estimate of drug-likeness (QED) is 0.257. The summed E-state index contributed by atoms with van der Waals surface area (Å²) in [5.74, 6) is 0.348. The number of nitrogens with one attached hydrogen (secondary N) is 1. The SMILES string of the molecule is CC[C@@H](C)NC(=O)[C@@H](Cc1ccccc1)N(Cc1ccc(Br)cc1)C(=O)CCc1ccc(C(C)C)cc1. The lowest BCUT2D eigenvalue weighted by molar-refractivity contribution is -0.141. The summed E-state index contributed by atoms with van der Waals surface area (Å²) in [7, 11) is 0. The fourth-order valence-electron chi connectivity index (χ4n) is 4.25. The molecule has 1 N–H and O–H groups in total. The zero-order valence-corrected chi connectivity index (χ0v) is 24.0. The van der Waals surface area contributed by atoms with Crippen molar-refractivity contribution in [3.05, 3.63) is 106 Å². The van der Waals surface area contributed by atoms with E-state index in [0.717, 1.165) is 27.6 Å². The van der Waals surface area contributed by atoms with Crippen molar-refractivity contribution in [3.63, 3.8) is 0 Å². The summed E-state index contributed by atoms with van der Waals surface area (Å²) in [4.78, 5) is 29.1. The van der Waals surface area contributed by atoms with E-state index in [0.29, 0.717) is 31.7 Å². The van der Waals surface area contributed by atoms with Gasteiger partial charge in [0.2, 0.25) is 11.8 Å². The second-order valence-electron chi connectivity index (χ2n) is 10.1. The summed E-state index contributed by atoms with van der Waals surface area (Å²) in [5, 5.41) is 3.13. The highest BCUT2D eigenvalue weighted by atomic mass is 79.9. The van der Waals surface area contributed by atoms with Gasteiger partial charge in [-0.15, -0.1) is 0 Å². The Morgan fingerprint density at radius 3 is 2.05 bits per heavy atom. The minimum Gasteiger partial charge on any atom is -0.352 e. The van der Waals surface area contributed by atoms with Gasteiger partial charge in [-0.3, -0.25) is 9.59 Å². The van der Waals surface area contributed by atoms with Crippen LogP contribution in [0.4, 0.5) is 0 Å². The smallest absolute Gasteiger partial charge is 0.243 e. The fraction of sp³-hybridized carbons (Fsp3) is 0.375. The van der Waals surface area contributed by atoms with E-state index in [1.165, 1.54) is 5.56 Å². The van der Waals surface area contributed by atoms with Crippen LogP contribution in [0.5, 0.6) is 0 Å². The van der Waals surface area contributed by atoms with Crippen molar-refractivity contribution in [2.45, 2.75) is 77.9 Å². The number of rotatable bonds is 12. The molecule has 0 aliphatic rings. The zero-order chi connectivity index (χ0) is 26.8. The number of hydrogen-bond donors (Lipinski definition) is 1. The topological polar surface area (TPSA) is 49.4 Å². The third-order valence-corrected chi connectivity index (χ3v) is 7.34. The molecule has 2 amide bonds. The van der Waals surface area contributed by atoms with Crippen molar-refractivity contribution in [3.8, 4) is 0 Å². The maximum Gasteiger partial charge on any atom is 0.243 e. The number of halogens is 1. The average molecular weight is 564 g/mol. The molecular weight excluding hydrogens is 524 g/mol. The van der Waals surface area contributed by atoms with Crippen LogP contribution < -0.4 is 5.32 Å². The lowest BCUT2D eigenvalue weighted by atomic mass is 9.99. The highest BCUT2D eigenvalue weighted by Gasteiger charge is 2.30. The second-order valence-corrected chi connectivity index (χ2v) is 11.0. The van der Waals surface area contributed by atoms with Crippen LogP contribution in [0.15, 0.2) is 83.3 Å². The Morgan fingerprint density at radius 1 is 0.838 bits per heavy atom. The number of benzene rings is 3. The van der Waals surface area contributed by atoms with Gasteiger partial charge < -0.3 is 10.2 Å². The molecular formula is C32H39BrN2O2. The summed E-state index contributed by atoms with van der Waals surface area (Å²) in [6.45, 7) is 8.78. The van der Waals surface area contributed by atoms with Crippen molar-refractivity contribution in [1.82, 2.24) is 10.2 Å². The predicted molar refractivity (Wildman–Crippen MR) is 155 cm³/mol. The first kappa shape index (κ1) is 28.6. The number of hydrogen-bond acceptors (Lipinski definition) is 2. The molecule has 0 saturated carbocycles. The van der Waals surface area contributed by atoms with Crippen molar-refractivity contribution in [1.29, 1.82) is 0 Å². The third-order valence-electron chi connectivity index (χ3n) is 6.81. The van der Waals surface area contributed by atoms with E-state index in [-0.39, 0.29) is 17.9 Å². The van der Waals surface area contributed by atoms with E-state index < -0.39 is 6.04 Å². The van der Waals surface area contributed by atoms with Gasteiger partial charge in [0.25, 0.3) is 0 Å². The summed E-state index contributed by atoms with van der Waals surface area (Å²) >= 11 is 3.49. The number of nitrogens with zero attached hydrogens (tertiary/aromatic N) is 1. The zero-order valence-electron chi connectivity index (χ0n) is 22.4. The monoisotopic (exact) mass is 562 g/mol. The van der Waals surface area contributed by atoms with Crippen LogP contribution >= 0.6 is 15.9 Å². The van der Waals surface area contributed by atoms with Gasteiger partial charge in [0.1, 0.15) is 6.04 Å². The van der Waals surface area contributed by atoms with Crippen LogP contribution in [0.25, 0.3) is 0 Å². The molecule has 196 valence electrons. The summed E-state index contributed by atoms with van der Waals surface area (Å²) in [6.07, 6.45) is 2.28. The van der Waals surface area contributed by atoms with Gasteiger partial charge in [-0.1, -0.05) is 103 Å². The molecule has 0 spiro atoms. The van der Waals surface area contributed by atoms with Crippen molar-refractivity contribution in [2.75, 3.05) is 0 Å². The molecule has 5 heteroatoms. The minimum absolute atomic E-state index is 0.0175. The third kappa shape index (κ3) is 8.85. The second kappa shape index (κ2) is 14.1. The lowest BCUT2D eigenvalue weighted by Gasteiger charge is -2.32. The van der Waals surface area contributed by atoms with E-state index >= 15 is 0 Å². The Morgan fingerprint density at radius 2 is 1.46 bits per heavy atom. The Hall–Kier alpha value is -2.92. The van der Waals surface area contributed by atoms with Crippen molar-refractivity contribution >= 4 is 27.7 Å².